The van der Waals surface area contributed by atoms with E-state index in [9.17, 15) is 47.9 Å². The van der Waals surface area contributed by atoms with E-state index in [1.807, 2.05) is 31.2 Å². The lowest BCUT2D eigenvalue weighted by molar-refractivity contribution is -0.143. The molecule has 1 saturated heterocycles. The lowest BCUT2D eigenvalue weighted by Crippen LogP contribution is -2.61. The monoisotopic (exact) mass is 1160 g/mol. The molecule has 28 nitrogen and oxygen atoms in total. The van der Waals surface area contributed by atoms with Crippen LogP contribution < -0.4 is 76.4 Å². The quantitative estimate of drug-likeness (QED) is 0.0170. The van der Waals surface area contributed by atoms with Crippen molar-refractivity contribution >= 4 is 81.9 Å². The number of nitrogens with two attached hydrogens (primary N) is 6. The van der Waals surface area contributed by atoms with Crippen LogP contribution in [-0.4, -0.2) is 155 Å². The Morgan fingerprint density at radius 3 is 1.81 bits per heavy atom. The molecule has 1 aliphatic rings. The van der Waals surface area contributed by atoms with E-state index in [4.69, 9.17) is 39.1 Å². The summed E-state index contributed by atoms with van der Waals surface area (Å²) in [5.74, 6) is -8.14. The van der Waals surface area contributed by atoms with Crippen LogP contribution in [0.2, 0.25) is 0 Å². The number of carbonyl (C=O) groups is 10. The molecule has 8 atom stereocenters. The Labute approximate surface area is 482 Å². The van der Waals surface area contributed by atoms with Crippen LogP contribution in [0.5, 0.6) is 5.75 Å². The van der Waals surface area contributed by atoms with Crippen molar-refractivity contribution in [2.24, 2.45) is 50.3 Å². The zero-order valence-corrected chi connectivity index (χ0v) is 47.8. The number of nitrogens with one attached hydrogen (secondary N) is 8. The van der Waals surface area contributed by atoms with Gasteiger partial charge in [-0.2, -0.15) is 0 Å². The topological polar surface area (TPSA) is 464 Å². The zero-order chi connectivity index (χ0) is 61.3. The van der Waals surface area contributed by atoms with Crippen LogP contribution in [0.3, 0.4) is 0 Å². The van der Waals surface area contributed by atoms with E-state index in [1.165, 1.54) is 4.90 Å². The smallest absolute Gasteiger partial charge is 0.245 e. The third-order valence-corrected chi connectivity index (χ3v) is 13.7. The molecular formula is C55H83N17O11. The molecule has 3 aromatic rings. The van der Waals surface area contributed by atoms with Gasteiger partial charge in [-0.3, -0.25) is 57.9 Å². The largest absolute Gasteiger partial charge is 0.494 e. The van der Waals surface area contributed by atoms with Crippen molar-refractivity contribution in [3.63, 3.8) is 0 Å². The Balaban J connectivity index is 1.53. The number of benzene rings is 2. The highest BCUT2D eigenvalue weighted by molar-refractivity contribution is 5.99. The summed E-state index contributed by atoms with van der Waals surface area (Å²) in [5, 5.41) is 19.4. The van der Waals surface area contributed by atoms with Gasteiger partial charge in [0.15, 0.2) is 11.9 Å². The van der Waals surface area contributed by atoms with Gasteiger partial charge in [0.1, 0.15) is 54.1 Å². The molecule has 1 fully saturated rings. The van der Waals surface area contributed by atoms with Gasteiger partial charge in [-0.05, 0) is 87.1 Å². The van der Waals surface area contributed by atoms with Crippen LogP contribution in [0.1, 0.15) is 104 Å². The number of carbonyl (C=O) groups excluding carboxylic acids is 10. The van der Waals surface area contributed by atoms with Crippen molar-refractivity contribution in [2.75, 3.05) is 26.2 Å². The van der Waals surface area contributed by atoms with Gasteiger partial charge in [0.2, 0.25) is 59.1 Å². The summed E-state index contributed by atoms with van der Waals surface area (Å²) >= 11 is 0. The molecule has 0 bridgehead atoms. The number of nitrogens with zero attached hydrogens (tertiary/aromatic N) is 3. The van der Waals surface area contributed by atoms with E-state index >= 15 is 0 Å². The van der Waals surface area contributed by atoms with E-state index in [-0.39, 0.29) is 89.3 Å². The molecular weight excluding hydrogens is 1070 g/mol. The van der Waals surface area contributed by atoms with E-state index in [0.717, 1.165) is 10.9 Å². The van der Waals surface area contributed by atoms with Gasteiger partial charge in [-0.25, -0.2) is 0 Å². The number of aromatic amines is 1. The number of para-hydroxylation sites is 1. The molecule has 1 aliphatic heterocycles. The van der Waals surface area contributed by atoms with Crippen molar-refractivity contribution in [1.29, 1.82) is 0 Å². The molecule has 0 radical (unpaired) electrons. The van der Waals surface area contributed by atoms with Crippen LogP contribution in [0, 0.1) is 5.92 Å². The van der Waals surface area contributed by atoms with E-state index in [1.54, 1.807) is 58.2 Å². The number of primary amides is 2. The molecule has 2 heterocycles. The fraction of sp³-hybridized carbons (Fsp3) is 0.527. The van der Waals surface area contributed by atoms with E-state index in [2.05, 4.69) is 52.2 Å². The SMILES string of the molecule is CCOc1ccc(C[C@@H](NC(=O)CC)C(=O)N[C@@H](Cc2c[nH]c3ccccc23)C(=O)N[C@H](C(=O)N[C@@H](CC(N)=O)C(=O)N[C@@H](CC)C(=O)N2CCC[C@H]2C(=O)N[C@@H](CCCN=C(N)N)C(=O)N[C@@H](CCCN=C(N)N)C(N)=O)C(C)C)cc1. The van der Waals surface area contributed by atoms with Crippen molar-refractivity contribution in [3.8, 4) is 5.75 Å². The number of hydrogen-bond donors (Lipinski definition) is 14. The summed E-state index contributed by atoms with van der Waals surface area (Å²) in [6, 6.07) is 4.01. The Morgan fingerprint density at radius 2 is 1.22 bits per heavy atom. The number of H-pyrrole nitrogens is 1. The molecule has 4 rings (SSSR count). The molecule has 28 heteroatoms. The summed E-state index contributed by atoms with van der Waals surface area (Å²) in [7, 11) is 0. The maximum absolute atomic E-state index is 14.6. The van der Waals surface area contributed by atoms with Gasteiger partial charge in [0, 0.05) is 56.0 Å². The molecule has 0 saturated carbocycles. The van der Waals surface area contributed by atoms with Gasteiger partial charge >= 0.3 is 0 Å². The molecule has 0 aliphatic carbocycles. The molecule has 83 heavy (non-hydrogen) atoms. The average Bonchev–Trinajstić information content (AvgIpc) is 4.25. The Kier molecular flexibility index (Phi) is 26.5. The molecule has 1 aromatic heterocycles. The van der Waals surface area contributed by atoms with Crippen molar-refractivity contribution in [1.82, 2.24) is 47.1 Å². The summed E-state index contributed by atoms with van der Waals surface area (Å²) in [4.78, 5) is 149. The second kappa shape index (κ2) is 33.1. The van der Waals surface area contributed by atoms with Crippen LogP contribution in [-0.2, 0) is 60.8 Å². The minimum atomic E-state index is -1.67. The Hall–Kier alpha value is -8.98. The first kappa shape index (κ1) is 66.5. The number of fused-ring (bicyclic) bond motifs is 1. The van der Waals surface area contributed by atoms with Crippen LogP contribution in [0.25, 0.3) is 10.9 Å². The zero-order valence-electron chi connectivity index (χ0n) is 47.8. The lowest BCUT2D eigenvalue weighted by Gasteiger charge is -2.31. The Morgan fingerprint density at radius 1 is 0.651 bits per heavy atom. The van der Waals surface area contributed by atoms with Gasteiger partial charge in [0.05, 0.1) is 13.0 Å². The maximum Gasteiger partial charge on any atom is 0.245 e. The second-order valence-electron chi connectivity index (χ2n) is 20.4. The number of hydrogen-bond acceptors (Lipinski definition) is 13. The molecule has 0 spiro atoms. The number of rotatable bonds is 34. The lowest BCUT2D eigenvalue weighted by atomic mass is 9.99. The minimum absolute atomic E-state index is 0.00511. The molecule has 0 unspecified atom stereocenters. The van der Waals surface area contributed by atoms with Crippen molar-refractivity contribution in [2.45, 2.75) is 154 Å². The third kappa shape index (κ3) is 21.1. The van der Waals surface area contributed by atoms with Gasteiger partial charge in [0.25, 0.3) is 0 Å². The van der Waals surface area contributed by atoms with Crippen LogP contribution in [0.4, 0.5) is 0 Å². The highest BCUT2D eigenvalue weighted by atomic mass is 16.5. The average molecular weight is 1160 g/mol. The highest BCUT2D eigenvalue weighted by Gasteiger charge is 2.40. The number of amides is 10. The standard InChI is InChI=1S/C55H83N17O11/c1-6-35(53(82)72-25-13-18-42(72)51(80)68-38(17-12-24-63-55(60)61)47(76)67-37(46(57)75)16-11-23-62-54(58)59)66-49(78)41(28-43(56)73)70-52(81)45(30(4)5)71-50(79)40(27-32-29-64-36-15-10-9-14-34(32)36)69-48(77)39(65-44(74)7-2)26-31-19-21-33(22-20-31)83-8-3/h9-10,14-15,19-22,29-30,35,37-42,45,64H,6-8,11-13,16-18,23-28H2,1-5H3,(H2,56,73)(H2,57,75)(H,65,74)(H,66,78)(H,67,76)(H,68,80)(H,69,77)(H,70,81)(H,71,79)(H4,58,59,62)(H4,60,61,63)/t35-,37-,38-,39+,40-,41-,42-,45-/m0/s1. The fourth-order valence-corrected chi connectivity index (χ4v) is 9.31. The first-order chi connectivity index (χ1) is 39.5. The fourth-order valence-electron chi connectivity index (χ4n) is 9.31. The van der Waals surface area contributed by atoms with Gasteiger partial charge in [-0.1, -0.05) is 58.0 Å². The highest BCUT2D eigenvalue weighted by Crippen LogP contribution is 2.22. The number of ether oxygens (including phenoxy) is 1. The predicted octanol–water partition coefficient (Wildman–Crippen LogP) is -2.32. The summed E-state index contributed by atoms with van der Waals surface area (Å²) in [6.45, 7) is 9.11. The summed E-state index contributed by atoms with van der Waals surface area (Å²) in [6.07, 6.45) is 2.13. The number of aliphatic imine (C=N–C) groups is 2. The number of guanidine groups is 2. The molecule has 2 aromatic carbocycles. The van der Waals surface area contributed by atoms with Gasteiger partial charge < -0.3 is 86.2 Å². The molecule has 454 valence electrons. The Bertz CT molecular complexity index is 2800. The number of likely N-dealkylation sites (tertiary alicyclic amines) is 1. The first-order valence-corrected chi connectivity index (χ1v) is 27.8. The summed E-state index contributed by atoms with van der Waals surface area (Å²) < 4.78 is 5.56. The first-order valence-electron chi connectivity index (χ1n) is 27.8. The van der Waals surface area contributed by atoms with Gasteiger partial charge in [-0.15, -0.1) is 0 Å². The third-order valence-electron chi connectivity index (χ3n) is 13.7. The molecule has 20 N–H and O–H groups in total. The number of aromatic nitrogens is 1. The normalized spacial score (nSPS) is 15.4. The van der Waals surface area contributed by atoms with Crippen molar-refractivity contribution < 1.29 is 52.7 Å². The minimum Gasteiger partial charge on any atom is -0.494 e. The van der Waals surface area contributed by atoms with E-state index in [0.29, 0.717) is 29.9 Å². The van der Waals surface area contributed by atoms with Crippen molar-refractivity contribution in [3.05, 3.63) is 65.9 Å². The predicted molar refractivity (Wildman–Crippen MR) is 310 cm³/mol. The molecule has 10 amide bonds. The van der Waals surface area contributed by atoms with Crippen LogP contribution in [0.15, 0.2) is 64.7 Å². The second-order valence-corrected chi connectivity index (χ2v) is 20.4. The summed E-state index contributed by atoms with van der Waals surface area (Å²) in [5.41, 5.74) is 35.0. The maximum atomic E-state index is 14.6. The van der Waals surface area contributed by atoms with Crippen LogP contribution >= 0.6 is 0 Å². The van der Waals surface area contributed by atoms with E-state index < -0.39 is 120 Å².